The van der Waals surface area contributed by atoms with Gasteiger partial charge in [0.2, 0.25) is 5.95 Å². The maximum absolute atomic E-state index is 9.77. The number of benzene rings is 2. The summed E-state index contributed by atoms with van der Waals surface area (Å²) < 4.78 is 10.9. The Morgan fingerprint density at radius 1 is 0.967 bits per heavy atom. The van der Waals surface area contributed by atoms with Gasteiger partial charge in [-0.3, -0.25) is 0 Å². The van der Waals surface area contributed by atoms with E-state index in [2.05, 4.69) is 22.8 Å². The molecule has 1 fully saturated rings. The molecule has 0 radical (unpaired) electrons. The van der Waals surface area contributed by atoms with Crippen molar-refractivity contribution in [2.24, 2.45) is 0 Å². The summed E-state index contributed by atoms with van der Waals surface area (Å²) in [6.45, 7) is 0.649. The van der Waals surface area contributed by atoms with Gasteiger partial charge in [-0.1, -0.05) is 30.3 Å². The highest BCUT2D eigenvalue weighted by molar-refractivity contribution is 5.92. The highest BCUT2D eigenvalue weighted by atomic mass is 16.5. The van der Waals surface area contributed by atoms with Crippen LogP contribution in [0.5, 0.6) is 11.5 Å². The SMILES string of the molecule is COc1cc2nc(NC3CCC(O)CC3)nc(NCc3ccccc3)c2cc1OC. The van der Waals surface area contributed by atoms with E-state index in [0.29, 0.717) is 24.0 Å². The van der Waals surface area contributed by atoms with Crippen LogP contribution in [0.15, 0.2) is 42.5 Å². The molecule has 0 spiro atoms. The van der Waals surface area contributed by atoms with E-state index in [0.717, 1.165) is 42.4 Å². The number of rotatable bonds is 7. The summed E-state index contributed by atoms with van der Waals surface area (Å²) >= 11 is 0. The third kappa shape index (κ3) is 4.57. The fraction of sp³-hybridized carbons (Fsp3) is 0.391. The first-order valence-corrected chi connectivity index (χ1v) is 10.3. The van der Waals surface area contributed by atoms with Crippen molar-refractivity contribution in [1.82, 2.24) is 9.97 Å². The third-order valence-corrected chi connectivity index (χ3v) is 5.53. The molecule has 3 aromatic rings. The van der Waals surface area contributed by atoms with E-state index in [-0.39, 0.29) is 12.1 Å². The number of methoxy groups -OCH3 is 2. The molecule has 1 aromatic heterocycles. The van der Waals surface area contributed by atoms with Gasteiger partial charge in [0.15, 0.2) is 11.5 Å². The Morgan fingerprint density at radius 3 is 2.37 bits per heavy atom. The quantitative estimate of drug-likeness (QED) is 0.545. The summed E-state index contributed by atoms with van der Waals surface area (Å²) in [5.74, 6) is 2.58. The molecule has 4 rings (SSSR count). The van der Waals surface area contributed by atoms with Crippen LogP contribution in [-0.4, -0.2) is 41.4 Å². The average molecular weight is 409 g/mol. The van der Waals surface area contributed by atoms with Crippen LogP contribution in [0.25, 0.3) is 10.9 Å². The molecule has 0 atom stereocenters. The highest BCUT2D eigenvalue weighted by Crippen LogP contribution is 2.35. The fourth-order valence-corrected chi connectivity index (χ4v) is 3.84. The number of hydrogen-bond acceptors (Lipinski definition) is 7. The second kappa shape index (κ2) is 9.17. The number of aliphatic hydroxyl groups is 1. The third-order valence-electron chi connectivity index (χ3n) is 5.53. The first-order valence-electron chi connectivity index (χ1n) is 10.3. The van der Waals surface area contributed by atoms with Crippen molar-refractivity contribution in [3.8, 4) is 11.5 Å². The summed E-state index contributed by atoms with van der Waals surface area (Å²) in [6.07, 6.45) is 3.22. The maximum atomic E-state index is 9.77. The van der Waals surface area contributed by atoms with E-state index in [1.165, 1.54) is 5.56 Å². The number of anilines is 2. The van der Waals surface area contributed by atoms with E-state index < -0.39 is 0 Å². The summed E-state index contributed by atoms with van der Waals surface area (Å²) in [5.41, 5.74) is 1.94. The average Bonchev–Trinajstić information content (AvgIpc) is 2.78. The van der Waals surface area contributed by atoms with Crippen molar-refractivity contribution in [2.45, 2.75) is 44.4 Å². The molecule has 7 nitrogen and oxygen atoms in total. The van der Waals surface area contributed by atoms with Crippen molar-refractivity contribution in [3.63, 3.8) is 0 Å². The molecule has 2 aromatic carbocycles. The largest absolute Gasteiger partial charge is 0.493 e. The number of nitrogens with one attached hydrogen (secondary N) is 2. The number of aliphatic hydroxyl groups excluding tert-OH is 1. The van der Waals surface area contributed by atoms with Gasteiger partial charge in [0.05, 0.1) is 25.8 Å². The molecule has 0 bridgehead atoms. The Labute approximate surface area is 176 Å². The molecule has 0 amide bonds. The Balaban J connectivity index is 1.67. The molecule has 0 unspecified atom stereocenters. The van der Waals surface area contributed by atoms with Crippen LogP contribution in [0.1, 0.15) is 31.2 Å². The summed E-state index contributed by atoms with van der Waals surface area (Å²) in [6, 6.07) is 14.2. The van der Waals surface area contributed by atoms with E-state index in [9.17, 15) is 5.11 Å². The summed E-state index contributed by atoms with van der Waals surface area (Å²) in [5, 5.41) is 17.5. The molecule has 1 saturated carbocycles. The van der Waals surface area contributed by atoms with Crippen molar-refractivity contribution >= 4 is 22.7 Å². The minimum absolute atomic E-state index is 0.194. The van der Waals surface area contributed by atoms with Crippen LogP contribution in [0.2, 0.25) is 0 Å². The van der Waals surface area contributed by atoms with Crippen LogP contribution in [0, 0.1) is 0 Å². The lowest BCUT2D eigenvalue weighted by Gasteiger charge is -2.26. The lowest BCUT2D eigenvalue weighted by atomic mass is 9.93. The van der Waals surface area contributed by atoms with E-state index >= 15 is 0 Å². The zero-order valence-electron chi connectivity index (χ0n) is 17.4. The first kappa shape index (κ1) is 20.2. The van der Waals surface area contributed by atoms with Gasteiger partial charge in [0.1, 0.15) is 5.82 Å². The van der Waals surface area contributed by atoms with Gasteiger partial charge in [0, 0.05) is 24.0 Å². The number of fused-ring (bicyclic) bond motifs is 1. The van der Waals surface area contributed by atoms with Crippen LogP contribution >= 0.6 is 0 Å². The van der Waals surface area contributed by atoms with Crippen LogP contribution in [0.4, 0.5) is 11.8 Å². The summed E-state index contributed by atoms with van der Waals surface area (Å²) in [7, 11) is 3.24. The lowest BCUT2D eigenvalue weighted by Crippen LogP contribution is -2.29. The molecule has 30 heavy (non-hydrogen) atoms. The number of aromatic nitrogens is 2. The summed E-state index contributed by atoms with van der Waals surface area (Å²) in [4.78, 5) is 9.50. The number of hydrogen-bond donors (Lipinski definition) is 3. The Kier molecular flexibility index (Phi) is 6.18. The smallest absolute Gasteiger partial charge is 0.225 e. The van der Waals surface area contributed by atoms with Crippen molar-refractivity contribution in [3.05, 3.63) is 48.0 Å². The van der Waals surface area contributed by atoms with Gasteiger partial charge in [-0.2, -0.15) is 4.98 Å². The molecule has 3 N–H and O–H groups in total. The Bertz CT molecular complexity index is 989. The van der Waals surface area contributed by atoms with E-state index in [4.69, 9.17) is 19.4 Å². The van der Waals surface area contributed by atoms with Gasteiger partial charge in [-0.25, -0.2) is 4.98 Å². The zero-order valence-corrected chi connectivity index (χ0v) is 17.4. The molecule has 7 heteroatoms. The van der Waals surface area contributed by atoms with E-state index in [1.807, 2.05) is 30.3 Å². The minimum atomic E-state index is -0.194. The second-order valence-corrected chi connectivity index (χ2v) is 7.61. The van der Waals surface area contributed by atoms with Gasteiger partial charge in [0.25, 0.3) is 0 Å². The normalized spacial score (nSPS) is 18.8. The zero-order chi connectivity index (χ0) is 20.9. The Hall–Kier alpha value is -3.06. The second-order valence-electron chi connectivity index (χ2n) is 7.61. The molecular formula is C23H28N4O3. The van der Waals surface area contributed by atoms with Gasteiger partial charge < -0.3 is 25.2 Å². The number of ether oxygens (including phenoxy) is 2. The minimum Gasteiger partial charge on any atom is -0.493 e. The molecule has 158 valence electrons. The molecular weight excluding hydrogens is 380 g/mol. The van der Waals surface area contributed by atoms with Crippen molar-refractivity contribution in [1.29, 1.82) is 0 Å². The highest BCUT2D eigenvalue weighted by Gasteiger charge is 2.21. The van der Waals surface area contributed by atoms with Gasteiger partial charge in [-0.15, -0.1) is 0 Å². The van der Waals surface area contributed by atoms with Crippen LogP contribution in [0.3, 0.4) is 0 Å². The fourth-order valence-electron chi connectivity index (χ4n) is 3.84. The topological polar surface area (TPSA) is 88.5 Å². The lowest BCUT2D eigenvalue weighted by molar-refractivity contribution is 0.126. The van der Waals surface area contributed by atoms with E-state index in [1.54, 1.807) is 14.2 Å². The predicted molar refractivity (Wildman–Crippen MR) is 118 cm³/mol. The molecule has 0 saturated heterocycles. The number of nitrogens with zero attached hydrogens (tertiary/aromatic N) is 2. The van der Waals surface area contributed by atoms with Gasteiger partial charge in [-0.05, 0) is 37.3 Å². The standard InChI is InChI=1S/C23H28N4O3/c1-29-20-12-18-19(13-21(20)30-2)26-23(25-16-8-10-17(28)11-9-16)27-22(18)24-14-15-6-4-3-5-7-15/h3-7,12-13,16-17,28H,8-11,14H2,1-2H3,(H2,24,25,26,27). The van der Waals surface area contributed by atoms with Crippen molar-refractivity contribution < 1.29 is 14.6 Å². The monoisotopic (exact) mass is 408 g/mol. The molecule has 1 aliphatic carbocycles. The van der Waals surface area contributed by atoms with Gasteiger partial charge >= 0.3 is 0 Å². The van der Waals surface area contributed by atoms with Crippen LogP contribution in [-0.2, 0) is 6.54 Å². The van der Waals surface area contributed by atoms with Crippen LogP contribution < -0.4 is 20.1 Å². The molecule has 1 aliphatic rings. The Morgan fingerprint density at radius 2 is 1.67 bits per heavy atom. The molecule has 1 heterocycles. The maximum Gasteiger partial charge on any atom is 0.225 e. The predicted octanol–water partition coefficient (Wildman–Crippen LogP) is 3.97. The van der Waals surface area contributed by atoms with Crippen molar-refractivity contribution in [2.75, 3.05) is 24.9 Å². The first-order chi connectivity index (χ1) is 14.7. The molecule has 0 aliphatic heterocycles.